The van der Waals surface area contributed by atoms with Crippen LogP contribution in [0.15, 0.2) is 29.1 Å². The van der Waals surface area contributed by atoms with Crippen molar-refractivity contribution in [3.63, 3.8) is 0 Å². The van der Waals surface area contributed by atoms with Crippen LogP contribution >= 0.6 is 0 Å². The molecule has 3 rings (SSSR count). The number of rotatable bonds is 3. The Morgan fingerprint density at radius 1 is 1.13 bits per heavy atom. The average Bonchev–Trinajstić information content (AvgIpc) is 2.48. The number of hydrogen-bond acceptors (Lipinski definition) is 4. The Bertz CT molecular complexity index is 928. The lowest BCUT2D eigenvalue weighted by Crippen LogP contribution is -2.15. The van der Waals surface area contributed by atoms with Gasteiger partial charge in [-0.25, -0.2) is 15.0 Å². The van der Waals surface area contributed by atoms with Crippen molar-refractivity contribution in [2.45, 2.75) is 40.0 Å². The van der Waals surface area contributed by atoms with Crippen LogP contribution in [-0.2, 0) is 6.42 Å². The van der Waals surface area contributed by atoms with Gasteiger partial charge >= 0.3 is 0 Å². The summed E-state index contributed by atoms with van der Waals surface area (Å²) in [6.07, 6.45) is 0.418. The molecule has 0 saturated heterocycles. The molecule has 0 atom stereocenters. The maximum absolute atomic E-state index is 11.8. The molecule has 0 radical (unpaired) electrons. The summed E-state index contributed by atoms with van der Waals surface area (Å²) in [5, 5.41) is 1.06. The molecule has 0 aliphatic heterocycles. The molecule has 0 bridgehead atoms. The molecule has 1 aromatic carbocycles. The van der Waals surface area contributed by atoms with E-state index in [1.165, 1.54) is 0 Å². The second-order valence-corrected chi connectivity index (χ2v) is 6.14. The first-order valence-electron chi connectivity index (χ1n) is 7.77. The summed E-state index contributed by atoms with van der Waals surface area (Å²) in [4.78, 5) is 28.3. The highest BCUT2D eigenvalue weighted by Crippen LogP contribution is 2.19. The number of para-hydroxylation sites is 1. The van der Waals surface area contributed by atoms with Crippen molar-refractivity contribution < 1.29 is 0 Å². The summed E-state index contributed by atoms with van der Waals surface area (Å²) in [5.74, 6) is 1.49. The molecule has 0 spiro atoms. The molecule has 0 saturated carbocycles. The van der Waals surface area contributed by atoms with Crippen molar-refractivity contribution in [1.82, 2.24) is 19.9 Å². The molecule has 23 heavy (non-hydrogen) atoms. The fraction of sp³-hybridized carbons (Fsp3) is 0.333. The third-order valence-electron chi connectivity index (χ3n) is 3.89. The maximum atomic E-state index is 11.8. The first kappa shape index (κ1) is 15.3. The number of nitrogens with one attached hydrogen (secondary N) is 1. The first-order chi connectivity index (χ1) is 10.9. The Hall–Kier alpha value is -2.56. The van der Waals surface area contributed by atoms with E-state index in [9.17, 15) is 4.79 Å². The van der Waals surface area contributed by atoms with Crippen molar-refractivity contribution in [2.75, 3.05) is 0 Å². The lowest BCUT2D eigenvalue weighted by atomic mass is 10.1. The third-order valence-corrected chi connectivity index (χ3v) is 3.89. The van der Waals surface area contributed by atoms with Gasteiger partial charge < -0.3 is 4.98 Å². The zero-order chi connectivity index (χ0) is 16.6. The Morgan fingerprint density at radius 3 is 2.65 bits per heavy atom. The van der Waals surface area contributed by atoms with Crippen LogP contribution in [-0.4, -0.2) is 19.9 Å². The molecule has 118 valence electrons. The second kappa shape index (κ2) is 5.91. The second-order valence-electron chi connectivity index (χ2n) is 6.14. The van der Waals surface area contributed by atoms with Gasteiger partial charge in [-0.1, -0.05) is 32.0 Å². The fourth-order valence-electron chi connectivity index (χ4n) is 2.64. The monoisotopic (exact) mass is 308 g/mol. The van der Waals surface area contributed by atoms with Crippen molar-refractivity contribution >= 4 is 10.9 Å². The zero-order valence-corrected chi connectivity index (χ0v) is 13.8. The Morgan fingerprint density at radius 2 is 1.91 bits per heavy atom. The van der Waals surface area contributed by atoms with Gasteiger partial charge in [0.2, 0.25) is 0 Å². The van der Waals surface area contributed by atoms with Gasteiger partial charge in [-0.2, -0.15) is 0 Å². The minimum atomic E-state index is -0.132. The molecule has 2 heterocycles. The molecule has 1 N–H and O–H groups in total. The molecule has 5 nitrogen and oxygen atoms in total. The highest BCUT2D eigenvalue weighted by molar-refractivity contribution is 5.83. The van der Waals surface area contributed by atoms with E-state index in [1.807, 2.05) is 45.9 Å². The number of aromatic amines is 1. The largest absolute Gasteiger partial charge is 0.310 e. The van der Waals surface area contributed by atoms with Gasteiger partial charge in [0.1, 0.15) is 11.6 Å². The van der Waals surface area contributed by atoms with Crippen molar-refractivity contribution in [3.05, 3.63) is 63.2 Å². The molecule has 0 aliphatic carbocycles. The highest BCUT2D eigenvalue weighted by atomic mass is 16.1. The molecular formula is C18H20N4O. The van der Waals surface area contributed by atoms with Gasteiger partial charge in [-0.05, 0) is 25.3 Å². The number of aromatic nitrogens is 4. The van der Waals surface area contributed by atoms with Crippen LogP contribution in [0.5, 0.6) is 0 Å². The summed E-state index contributed by atoms with van der Waals surface area (Å²) in [7, 11) is 0. The Labute approximate surface area is 134 Å². The number of nitrogens with zero attached hydrogens (tertiary/aromatic N) is 3. The van der Waals surface area contributed by atoms with E-state index in [0.29, 0.717) is 18.1 Å². The van der Waals surface area contributed by atoms with E-state index >= 15 is 0 Å². The van der Waals surface area contributed by atoms with Gasteiger partial charge in [0.15, 0.2) is 0 Å². The highest BCUT2D eigenvalue weighted by Gasteiger charge is 2.10. The minimum absolute atomic E-state index is 0.132. The topological polar surface area (TPSA) is 71.5 Å². The van der Waals surface area contributed by atoms with Crippen LogP contribution in [0.4, 0.5) is 0 Å². The smallest absolute Gasteiger partial charge is 0.251 e. The standard InChI is InChI=1S/C18H20N4O/c1-10(2)14-8-17(23)21-16(20-14)9-15-19-12(4)13-7-5-6-11(3)18(13)22-15/h5-8,10H,9H2,1-4H3,(H,20,21,23). The quantitative estimate of drug-likeness (QED) is 0.807. The molecule has 0 unspecified atom stereocenters. The minimum Gasteiger partial charge on any atom is -0.310 e. The average molecular weight is 308 g/mol. The van der Waals surface area contributed by atoms with E-state index in [0.717, 1.165) is 27.9 Å². The van der Waals surface area contributed by atoms with Crippen LogP contribution in [0.25, 0.3) is 10.9 Å². The number of fused-ring (bicyclic) bond motifs is 1. The van der Waals surface area contributed by atoms with E-state index in [-0.39, 0.29) is 11.5 Å². The lowest BCUT2D eigenvalue weighted by molar-refractivity contribution is 0.775. The van der Waals surface area contributed by atoms with Gasteiger partial charge in [0.05, 0.1) is 17.6 Å². The Kier molecular flexibility index (Phi) is 3.94. The number of hydrogen-bond donors (Lipinski definition) is 1. The fourth-order valence-corrected chi connectivity index (χ4v) is 2.64. The summed E-state index contributed by atoms with van der Waals surface area (Å²) in [5.41, 5.74) is 3.67. The molecule has 3 aromatic rings. The summed E-state index contributed by atoms with van der Waals surface area (Å²) < 4.78 is 0. The number of benzene rings is 1. The zero-order valence-electron chi connectivity index (χ0n) is 13.8. The summed E-state index contributed by atoms with van der Waals surface area (Å²) in [6, 6.07) is 7.63. The Balaban J connectivity index is 2.05. The predicted octanol–water partition coefficient (Wildman–Crippen LogP) is 3.04. The molecule has 5 heteroatoms. The maximum Gasteiger partial charge on any atom is 0.251 e. The van der Waals surface area contributed by atoms with Gasteiger partial charge in [0, 0.05) is 17.1 Å². The molecular weight excluding hydrogens is 288 g/mol. The van der Waals surface area contributed by atoms with E-state index < -0.39 is 0 Å². The van der Waals surface area contributed by atoms with Crippen LogP contribution in [0, 0.1) is 13.8 Å². The number of H-pyrrole nitrogens is 1. The third kappa shape index (κ3) is 3.13. The molecule has 0 fully saturated rings. The van der Waals surface area contributed by atoms with Gasteiger partial charge in [-0.15, -0.1) is 0 Å². The van der Waals surface area contributed by atoms with Crippen LogP contribution in [0.2, 0.25) is 0 Å². The molecule has 2 aromatic heterocycles. The van der Waals surface area contributed by atoms with Crippen molar-refractivity contribution in [3.8, 4) is 0 Å². The van der Waals surface area contributed by atoms with Crippen molar-refractivity contribution in [1.29, 1.82) is 0 Å². The normalized spacial score (nSPS) is 11.3. The van der Waals surface area contributed by atoms with Crippen LogP contribution in [0.3, 0.4) is 0 Å². The van der Waals surface area contributed by atoms with Crippen LogP contribution in [0.1, 0.15) is 48.4 Å². The van der Waals surface area contributed by atoms with Gasteiger partial charge in [0.25, 0.3) is 5.56 Å². The number of aryl methyl sites for hydroxylation is 2. The summed E-state index contributed by atoms with van der Waals surface area (Å²) in [6.45, 7) is 8.06. The molecule has 0 aliphatic rings. The van der Waals surface area contributed by atoms with Crippen molar-refractivity contribution in [2.24, 2.45) is 0 Å². The van der Waals surface area contributed by atoms with E-state index in [4.69, 9.17) is 0 Å². The molecule has 0 amide bonds. The van der Waals surface area contributed by atoms with Crippen LogP contribution < -0.4 is 5.56 Å². The van der Waals surface area contributed by atoms with E-state index in [2.05, 4.69) is 19.9 Å². The lowest BCUT2D eigenvalue weighted by Gasteiger charge is -2.09. The SMILES string of the molecule is Cc1nc(Cc2nc(C(C)C)cc(=O)[nH]2)nc2c(C)cccc12. The summed E-state index contributed by atoms with van der Waals surface area (Å²) >= 11 is 0. The first-order valence-corrected chi connectivity index (χ1v) is 7.77. The predicted molar refractivity (Wildman–Crippen MR) is 90.8 cm³/mol. The van der Waals surface area contributed by atoms with E-state index in [1.54, 1.807) is 6.07 Å². The van der Waals surface area contributed by atoms with Gasteiger partial charge in [-0.3, -0.25) is 4.79 Å².